The summed E-state index contributed by atoms with van der Waals surface area (Å²) in [6, 6.07) is 16.4. The Bertz CT molecular complexity index is 1200. The molecule has 0 amide bonds. The molecule has 0 aromatic heterocycles. The van der Waals surface area contributed by atoms with Crippen LogP contribution in [0, 0.1) is 0 Å². The number of ketones is 1. The molecule has 0 saturated heterocycles. The van der Waals surface area contributed by atoms with Crippen molar-refractivity contribution in [3.63, 3.8) is 0 Å². The quantitative estimate of drug-likeness (QED) is 0.289. The summed E-state index contributed by atoms with van der Waals surface area (Å²) in [5, 5.41) is 0.699. The van der Waals surface area contributed by atoms with Crippen molar-refractivity contribution in [2.75, 3.05) is 7.11 Å². The van der Waals surface area contributed by atoms with Crippen LogP contribution in [-0.2, 0) is 0 Å². The van der Waals surface area contributed by atoms with Crippen LogP contribution in [0.25, 0.3) is 6.08 Å². The molecule has 7 heteroatoms. The summed E-state index contributed by atoms with van der Waals surface area (Å²) in [4.78, 5) is 25.1. The minimum atomic E-state index is -0.585. The van der Waals surface area contributed by atoms with E-state index in [1.54, 1.807) is 48.5 Å². The van der Waals surface area contributed by atoms with Crippen LogP contribution in [0.4, 0.5) is 0 Å². The first kappa shape index (κ1) is 20.0. The average Bonchev–Trinajstić information content (AvgIpc) is 3.06. The third-order valence-corrected chi connectivity index (χ3v) is 5.28. The number of benzene rings is 3. The lowest BCUT2D eigenvalue weighted by Gasteiger charge is -2.08. The highest BCUT2D eigenvalue weighted by Gasteiger charge is 2.28. The van der Waals surface area contributed by atoms with Gasteiger partial charge in [0.1, 0.15) is 22.8 Å². The van der Waals surface area contributed by atoms with Gasteiger partial charge in [-0.2, -0.15) is 0 Å². The molecule has 1 aliphatic heterocycles. The Morgan fingerprint density at radius 1 is 1.03 bits per heavy atom. The van der Waals surface area contributed by atoms with Gasteiger partial charge in [-0.25, -0.2) is 4.79 Å². The summed E-state index contributed by atoms with van der Waals surface area (Å²) in [5.74, 6) is 0.136. The molecule has 0 fully saturated rings. The van der Waals surface area contributed by atoms with E-state index in [0.29, 0.717) is 26.9 Å². The molecule has 1 aliphatic rings. The number of hydrogen-bond acceptors (Lipinski definition) is 5. The lowest BCUT2D eigenvalue weighted by molar-refractivity contribution is 0.0731. The third-order valence-electron chi connectivity index (χ3n) is 4.45. The highest BCUT2D eigenvalue weighted by molar-refractivity contribution is 6.43. The van der Waals surface area contributed by atoms with Crippen molar-refractivity contribution in [1.29, 1.82) is 0 Å². The number of carbonyl (C=O) groups excluding carboxylic acids is 2. The Labute approximate surface area is 182 Å². The number of Topliss-reactive ketones (excluding diaryl/α,β-unsaturated/α-hetero) is 1. The van der Waals surface area contributed by atoms with E-state index < -0.39 is 5.97 Å². The molecule has 0 radical (unpaired) electrons. The Balaban J connectivity index is 1.58. The molecule has 0 N–H and O–H groups in total. The van der Waals surface area contributed by atoms with Crippen molar-refractivity contribution in [1.82, 2.24) is 0 Å². The largest absolute Gasteiger partial charge is 0.496 e. The van der Waals surface area contributed by atoms with Gasteiger partial charge < -0.3 is 14.2 Å². The molecule has 3 aromatic carbocycles. The molecule has 5 nitrogen and oxygen atoms in total. The number of methoxy groups -OCH3 is 1. The Morgan fingerprint density at radius 2 is 1.83 bits per heavy atom. The van der Waals surface area contributed by atoms with E-state index in [2.05, 4.69) is 0 Å². The third kappa shape index (κ3) is 3.77. The maximum atomic E-state index is 12.6. The first-order chi connectivity index (χ1) is 14.5. The van der Waals surface area contributed by atoms with Gasteiger partial charge in [-0.05, 0) is 42.0 Å². The monoisotopic (exact) mass is 440 g/mol. The standard InChI is InChI=1S/C23H14Cl2O5/c1-28-18-8-3-2-6-16(18)23(27)29-14-9-10-15-19(12-14)30-20(22(15)26)11-13-5-4-7-17(24)21(13)25/h2-12H,1H3. The van der Waals surface area contributed by atoms with Gasteiger partial charge in [-0.1, -0.05) is 47.5 Å². The molecule has 3 aromatic rings. The maximum Gasteiger partial charge on any atom is 0.347 e. The van der Waals surface area contributed by atoms with Crippen LogP contribution < -0.4 is 14.2 Å². The number of hydrogen-bond donors (Lipinski definition) is 0. The predicted octanol–water partition coefficient (Wildman–Crippen LogP) is 5.84. The number of halogens is 2. The molecule has 1 heterocycles. The Hall–Kier alpha value is -3.28. The minimum Gasteiger partial charge on any atom is -0.496 e. The Morgan fingerprint density at radius 3 is 2.63 bits per heavy atom. The number of allylic oxidation sites excluding steroid dienone is 1. The van der Waals surface area contributed by atoms with E-state index in [4.69, 9.17) is 37.4 Å². The average molecular weight is 441 g/mol. The number of carbonyl (C=O) groups is 2. The van der Waals surface area contributed by atoms with Crippen LogP contribution in [-0.4, -0.2) is 18.9 Å². The van der Waals surface area contributed by atoms with Crippen LogP contribution in [0.5, 0.6) is 17.2 Å². The molecule has 150 valence electrons. The van der Waals surface area contributed by atoms with E-state index in [-0.39, 0.29) is 28.6 Å². The molecule has 0 bridgehead atoms. The number of esters is 1. The summed E-state index contributed by atoms with van der Waals surface area (Å²) in [6.45, 7) is 0. The highest BCUT2D eigenvalue weighted by atomic mass is 35.5. The first-order valence-corrected chi connectivity index (χ1v) is 9.61. The number of ether oxygens (including phenoxy) is 3. The van der Waals surface area contributed by atoms with Crippen LogP contribution in [0.2, 0.25) is 10.0 Å². The van der Waals surface area contributed by atoms with E-state index in [1.165, 1.54) is 25.3 Å². The predicted molar refractivity (Wildman–Crippen MR) is 114 cm³/mol. The second-order valence-electron chi connectivity index (χ2n) is 6.33. The van der Waals surface area contributed by atoms with Crippen LogP contribution in [0.1, 0.15) is 26.3 Å². The fourth-order valence-electron chi connectivity index (χ4n) is 2.98. The number of para-hydroxylation sites is 1. The summed E-state index contributed by atoms with van der Waals surface area (Å²) < 4.78 is 16.3. The highest BCUT2D eigenvalue weighted by Crippen LogP contribution is 2.36. The van der Waals surface area contributed by atoms with Gasteiger partial charge >= 0.3 is 5.97 Å². The van der Waals surface area contributed by atoms with E-state index in [9.17, 15) is 9.59 Å². The van der Waals surface area contributed by atoms with E-state index in [1.807, 2.05) is 0 Å². The number of rotatable bonds is 4. The fourth-order valence-corrected chi connectivity index (χ4v) is 3.34. The molecule has 0 atom stereocenters. The van der Waals surface area contributed by atoms with Crippen LogP contribution in [0.3, 0.4) is 0 Å². The van der Waals surface area contributed by atoms with Gasteiger partial charge in [0, 0.05) is 6.07 Å². The number of fused-ring (bicyclic) bond motifs is 1. The molecule has 4 rings (SSSR count). The molecule has 0 spiro atoms. The lowest BCUT2D eigenvalue weighted by Crippen LogP contribution is -2.10. The Kier molecular flexibility index (Phi) is 5.48. The first-order valence-electron chi connectivity index (χ1n) is 8.85. The lowest BCUT2D eigenvalue weighted by atomic mass is 10.1. The van der Waals surface area contributed by atoms with Crippen molar-refractivity contribution in [2.45, 2.75) is 0 Å². The van der Waals surface area contributed by atoms with Gasteiger partial charge in [0.2, 0.25) is 5.78 Å². The van der Waals surface area contributed by atoms with Gasteiger partial charge in [0.25, 0.3) is 0 Å². The summed E-state index contributed by atoms with van der Waals surface area (Å²) in [7, 11) is 1.47. The van der Waals surface area contributed by atoms with Crippen molar-refractivity contribution in [2.24, 2.45) is 0 Å². The summed E-state index contributed by atoms with van der Waals surface area (Å²) in [5.41, 5.74) is 1.20. The van der Waals surface area contributed by atoms with Crippen LogP contribution in [0.15, 0.2) is 66.4 Å². The van der Waals surface area contributed by atoms with E-state index >= 15 is 0 Å². The molecule has 0 aliphatic carbocycles. The van der Waals surface area contributed by atoms with Crippen molar-refractivity contribution in [3.8, 4) is 17.2 Å². The molecular weight excluding hydrogens is 427 g/mol. The zero-order chi connectivity index (χ0) is 21.3. The van der Waals surface area contributed by atoms with E-state index in [0.717, 1.165) is 0 Å². The smallest absolute Gasteiger partial charge is 0.347 e. The molecule has 30 heavy (non-hydrogen) atoms. The topological polar surface area (TPSA) is 61.8 Å². The van der Waals surface area contributed by atoms with Gasteiger partial charge in [0.15, 0.2) is 5.76 Å². The maximum absolute atomic E-state index is 12.6. The zero-order valence-corrected chi connectivity index (χ0v) is 17.2. The normalized spacial score (nSPS) is 13.7. The van der Waals surface area contributed by atoms with Crippen LogP contribution >= 0.6 is 23.2 Å². The van der Waals surface area contributed by atoms with Gasteiger partial charge in [0.05, 0.1) is 22.7 Å². The molecule has 0 unspecified atom stereocenters. The second-order valence-corrected chi connectivity index (χ2v) is 7.12. The SMILES string of the molecule is COc1ccccc1C(=O)Oc1ccc2c(c1)OC(=Cc1cccc(Cl)c1Cl)C2=O. The minimum absolute atomic E-state index is 0.0994. The molecule has 0 saturated carbocycles. The molecular formula is C23H14Cl2O5. The summed E-state index contributed by atoms with van der Waals surface area (Å²) in [6.07, 6.45) is 1.52. The summed E-state index contributed by atoms with van der Waals surface area (Å²) >= 11 is 12.2. The van der Waals surface area contributed by atoms with Gasteiger partial charge in [-0.3, -0.25) is 4.79 Å². The second kappa shape index (κ2) is 8.22. The van der Waals surface area contributed by atoms with Crippen molar-refractivity contribution < 1.29 is 23.8 Å². The van der Waals surface area contributed by atoms with Crippen molar-refractivity contribution >= 4 is 41.0 Å². The van der Waals surface area contributed by atoms with Crippen molar-refractivity contribution in [3.05, 3.63) is 93.2 Å². The fraction of sp³-hybridized carbons (Fsp3) is 0.0435. The van der Waals surface area contributed by atoms with Gasteiger partial charge in [-0.15, -0.1) is 0 Å². The zero-order valence-electron chi connectivity index (χ0n) is 15.6.